The molecule has 0 saturated heterocycles. The molecular formula is CH4N3Na2O3-. The molecule has 0 spiro atoms. The zero-order valence-corrected chi connectivity index (χ0v) is 3.14. The van der Waals surface area contributed by atoms with E-state index in [9.17, 15) is 0 Å². The summed E-state index contributed by atoms with van der Waals surface area (Å²) in [6, 6.07) is 0. The number of rotatable bonds is 0. The van der Waals surface area contributed by atoms with Gasteiger partial charge in [0.05, 0.1) is 0 Å². The van der Waals surface area contributed by atoms with E-state index in [1.807, 2.05) is 0 Å². The SMILES string of the molecule is O=C(O)O.[N-]=[N+]=[N-].[NaH].[NaH]. The second kappa shape index (κ2) is 23.5. The second-order valence-electron chi connectivity index (χ2n) is 0.372. The topological polar surface area (TPSA) is 116 Å². The molecule has 0 unspecified atom stereocenters. The molecule has 0 aromatic carbocycles. The van der Waals surface area contributed by atoms with Crippen molar-refractivity contribution in [3.8, 4) is 0 Å². The van der Waals surface area contributed by atoms with Gasteiger partial charge in [-0.05, 0) is 0 Å². The molecular weight excluding hydrogens is 148 g/mol. The first-order chi connectivity index (χ1) is 3.15. The minimum atomic E-state index is -1.83. The van der Waals surface area contributed by atoms with Crippen LogP contribution in [0.2, 0.25) is 0 Å². The first-order valence-electron chi connectivity index (χ1n) is 1.05. The number of carboxylic acid groups (broad SMARTS) is 2. The van der Waals surface area contributed by atoms with Gasteiger partial charge in [-0.15, -0.1) is 0 Å². The fraction of sp³-hybridized carbons (Fsp3) is 0. The van der Waals surface area contributed by atoms with Crippen LogP contribution in [0.25, 0.3) is 16.0 Å². The van der Waals surface area contributed by atoms with Crippen LogP contribution in [0, 0.1) is 0 Å². The van der Waals surface area contributed by atoms with Crippen LogP contribution in [-0.4, -0.2) is 75.5 Å². The molecule has 0 bridgehead atoms. The van der Waals surface area contributed by atoms with E-state index in [4.69, 9.17) is 26.1 Å². The van der Waals surface area contributed by atoms with E-state index in [1.54, 1.807) is 0 Å². The number of hydrogen-bond donors (Lipinski definition) is 2. The van der Waals surface area contributed by atoms with E-state index in [0.717, 1.165) is 0 Å². The van der Waals surface area contributed by atoms with Gasteiger partial charge in [0.15, 0.2) is 0 Å². The third-order valence-corrected chi connectivity index (χ3v) is 0. The molecule has 2 N–H and O–H groups in total. The van der Waals surface area contributed by atoms with Crippen LogP contribution < -0.4 is 0 Å². The van der Waals surface area contributed by atoms with Crippen LogP contribution in [0.15, 0.2) is 0 Å². The zero-order chi connectivity index (χ0) is 6.28. The molecule has 0 saturated carbocycles. The average Bonchev–Trinajstić information content (AvgIpc) is 1.33. The van der Waals surface area contributed by atoms with Crippen molar-refractivity contribution >= 4 is 65.3 Å². The number of hydrogen-bond acceptors (Lipinski definition) is 1. The van der Waals surface area contributed by atoms with Gasteiger partial charge in [-0.2, -0.15) is 0 Å². The molecule has 8 heteroatoms. The second-order valence-corrected chi connectivity index (χ2v) is 0.372. The van der Waals surface area contributed by atoms with Gasteiger partial charge in [-0.1, -0.05) is 0 Å². The third kappa shape index (κ3) is 1100. The van der Waals surface area contributed by atoms with E-state index in [-0.39, 0.29) is 59.1 Å². The van der Waals surface area contributed by atoms with E-state index < -0.39 is 6.16 Å². The molecule has 0 atom stereocenters. The van der Waals surface area contributed by atoms with Crippen molar-refractivity contribution in [1.82, 2.24) is 0 Å². The molecule has 6 nitrogen and oxygen atoms in total. The fourth-order valence-electron chi connectivity index (χ4n) is 0. The number of nitrogens with zero attached hydrogens (tertiary/aromatic N) is 3. The fourth-order valence-corrected chi connectivity index (χ4v) is 0. The van der Waals surface area contributed by atoms with Crippen molar-refractivity contribution in [1.29, 1.82) is 0 Å². The van der Waals surface area contributed by atoms with Crippen LogP contribution in [0.1, 0.15) is 0 Å². The molecule has 0 amide bonds. The Morgan fingerprint density at radius 1 is 1.22 bits per heavy atom. The molecule has 0 aliphatic carbocycles. The summed E-state index contributed by atoms with van der Waals surface area (Å²) in [5.41, 5.74) is 13.5. The zero-order valence-electron chi connectivity index (χ0n) is 3.14. The summed E-state index contributed by atoms with van der Waals surface area (Å²) >= 11 is 0. The summed E-state index contributed by atoms with van der Waals surface area (Å²) < 4.78 is 0. The maximum atomic E-state index is 8.56. The van der Waals surface area contributed by atoms with Crippen LogP contribution in [0.3, 0.4) is 0 Å². The van der Waals surface area contributed by atoms with Crippen molar-refractivity contribution in [2.24, 2.45) is 0 Å². The molecule has 0 fully saturated rings. The Morgan fingerprint density at radius 3 is 1.22 bits per heavy atom. The molecule has 0 aromatic heterocycles. The quantitative estimate of drug-likeness (QED) is 0.216. The summed E-state index contributed by atoms with van der Waals surface area (Å²) in [6.07, 6.45) is -1.83. The molecule has 0 rings (SSSR count). The predicted molar refractivity (Wildman–Crippen MR) is 35.0 cm³/mol. The first-order valence-corrected chi connectivity index (χ1v) is 1.05. The van der Waals surface area contributed by atoms with Crippen molar-refractivity contribution in [2.75, 3.05) is 0 Å². The van der Waals surface area contributed by atoms with Gasteiger partial charge in [0.2, 0.25) is 0 Å². The van der Waals surface area contributed by atoms with Crippen LogP contribution in [0.4, 0.5) is 4.79 Å². The van der Waals surface area contributed by atoms with E-state index >= 15 is 0 Å². The van der Waals surface area contributed by atoms with Gasteiger partial charge in [-0.25, -0.2) is 4.79 Å². The summed E-state index contributed by atoms with van der Waals surface area (Å²) in [5, 5.41) is 13.9. The molecule has 44 valence electrons. The van der Waals surface area contributed by atoms with Gasteiger partial charge in [-0.3, -0.25) is 4.91 Å². The van der Waals surface area contributed by atoms with E-state index in [0.29, 0.717) is 0 Å². The molecule has 9 heavy (non-hydrogen) atoms. The van der Waals surface area contributed by atoms with Crippen LogP contribution in [0.5, 0.6) is 0 Å². The molecule has 0 aliphatic heterocycles. The van der Waals surface area contributed by atoms with E-state index in [1.165, 1.54) is 4.91 Å². The van der Waals surface area contributed by atoms with Gasteiger partial charge < -0.3 is 21.3 Å². The Hall–Kier alpha value is 0.580. The predicted octanol–water partition coefficient (Wildman–Crippen LogP) is -0.209. The molecule has 0 aliphatic rings. The summed E-state index contributed by atoms with van der Waals surface area (Å²) in [7, 11) is 0. The van der Waals surface area contributed by atoms with Crippen LogP contribution in [-0.2, 0) is 0 Å². The summed E-state index contributed by atoms with van der Waals surface area (Å²) in [5.74, 6) is 0. The van der Waals surface area contributed by atoms with Gasteiger partial charge >= 0.3 is 65.3 Å². The van der Waals surface area contributed by atoms with Crippen molar-refractivity contribution < 1.29 is 15.0 Å². The standard InChI is InChI=1S/CH2O3.N3.2Na.2H/c2-1(3)4;1-3-2;;;;/h(H2,2,3,4);;;;;/q;-1;;;;. The van der Waals surface area contributed by atoms with Gasteiger partial charge in [0.25, 0.3) is 0 Å². The Kier molecular flexibility index (Phi) is 59.1. The maximum absolute atomic E-state index is 8.56. The average molecular weight is 152 g/mol. The molecule has 0 heterocycles. The minimum absolute atomic E-state index is 0. The molecule has 0 radical (unpaired) electrons. The molecule has 0 aromatic rings. The van der Waals surface area contributed by atoms with Crippen LogP contribution >= 0.6 is 0 Å². The Balaban J connectivity index is -0.0000000233. The monoisotopic (exact) mass is 152 g/mol. The Morgan fingerprint density at radius 2 is 1.22 bits per heavy atom. The van der Waals surface area contributed by atoms with Crippen molar-refractivity contribution in [2.45, 2.75) is 0 Å². The normalized spacial score (nSPS) is 3.56. The first kappa shape index (κ1) is 22.7. The van der Waals surface area contributed by atoms with Gasteiger partial charge in [0, 0.05) is 0 Å². The Bertz CT molecular complexity index is 85.1. The number of carbonyl (C=O) groups is 1. The van der Waals surface area contributed by atoms with Crippen molar-refractivity contribution in [3.63, 3.8) is 0 Å². The Labute approximate surface area is 95.2 Å². The van der Waals surface area contributed by atoms with E-state index in [2.05, 4.69) is 0 Å². The summed E-state index contributed by atoms with van der Waals surface area (Å²) in [4.78, 5) is 10.1. The van der Waals surface area contributed by atoms with Crippen molar-refractivity contribution in [3.05, 3.63) is 16.0 Å². The van der Waals surface area contributed by atoms with Gasteiger partial charge in [0.1, 0.15) is 0 Å². The third-order valence-electron chi connectivity index (χ3n) is 0. The summed E-state index contributed by atoms with van der Waals surface area (Å²) in [6.45, 7) is 0.